The van der Waals surface area contributed by atoms with Crippen molar-refractivity contribution in [3.63, 3.8) is 0 Å². The number of hydrogen-bond acceptors (Lipinski definition) is 5. The van der Waals surface area contributed by atoms with Gasteiger partial charge in [-0.15, -0.1) is 0 Å². The molecule has 0 amide bonds. The minimum atomic E-state index is -0.719. The van der Waals surface area contributed by atoms with Gasteiger partial charge >= 0.3 is 11.9 Å². The second-order valence-corrected chi connectivity index (χ2v) is 3.33. The van der Waals surface area contributed by atoms with Gasteiger partial charge in [0.15, 0.2) is 0 Å². The highest BCUT2D eigenvalue weighted by Gasteiger charge is 2.09. The van der Waals surface area contributed by atoms with Crippen LogP contribution in [0.5, 0.6) is 0 Å². The third-order valence-corrected chi connectivity index (χ3v) is 1.73. The number of esters is 2. The molecule has 0 aromatic heterocycles. The van der Waals surface area contributed by atoms with Crippen LogP contribution in [0.3, 0.4) is 0 Å². The monoisotopic (exact) mass is 249 g/mol. The molecule has 0 heterocycles. The highest BCUT2D eigenvalue weighted by molar-refractivity contribution is 5.93. The molecular formula is C13H15NO4. The number of nitrogens with zero attached hydrogens (tertiary/aromatic N) is 1. The maximum Gasteiger partial charge on any atom is 0.348 e. The molecule has 5 heteroatoms. The van der Waals surface area contributed by atoms with E-state index in [9.17, 15) is 9.59 Å². The first kappa shape index (κ1) is 15.7. The number of rotatable bonds is 7. The Bertz CT molecular complexity index is 415. The zero-order chi connectivity index (χ0) is 14.0. The Balaban J connectivity index is 3.86. The molecule has 0 spiro atoms. The van der Waals surface area contributed by atoms with Crippen LogP contribution in [-0.4, -0.2) is 25.2 Å². The smallest absolute Gasteiger partial charge is 0.348 e. The molecule has 0 atom stereocenters. The summed E-state index contributed by atoms with van der Waals surface area (Å²) in [5.74, 6) is -1.20. The number of nitriles is 1. The second-order valence-electron chi connectivity index (χ2n) is 3.33. The quantitative estimate of drug-likeness (QED) is 0.225. The average molecular weight is 249 g/mol. The van der Waals surface area contributed by atoms with E-state index in [0.717, 1.165) is 0 Å². The molecule has 0 saturated carbocycles. The van der Waals surface area contributed by atoms with E-state index in [1.165, 1.54) is 12.2 Å². The Morgan fingerprint density at radius 3 is 2.28 bits per heavy atom. The van der Waals surface area contributed by atoms with Gasteiger partial charge in [0.1, 0.15) is 11.6 Å². The first-order valence-corrected chi connectivity index (χ1v) is 5.25. The molecule has 0 aliphatic rings. The molecule has 18 heavy (non-hydrogen) atoms. The van der Waals surface area contributed by atoms with E-state index in [4.69, 9.17) is 14.7 Å². The molecule has 0 aromatic carbocycles. The Morgan fingerprint density at radius 1 is 1.28 bits per heavy atom. The van der Waals surface area contributed by atoms with Gasteiger partial charge in [0.05, 0.1) is 13.2 Å². The van der Waals surface area contributed by atoms with Gasteiger partial charge in [0.2, 0.25) is 0 Å². The maximum atomic E-state index is 11.3. The fourth-order valence-electron chi connectivity index (χ4n) is 0.858. The lowest BCUT2D eigenvalue weighted by Gasteiger charge is -2.05. The van der Waals surface area contributed by atoms with Gasteiger partial charge < -0.3 is 9.47 Å². The van der Waals surface area contributed by atoms with Gasteiger partial charge in [-0.3, -0.25) is 0 Å². The van der Waals surface area contributed by atoms with Crippen LogP contribution >= 0.6 is 0 Å². The summed E-state index contributed by atoms with van der Waals surface area (Å²) in [6, 6.07) is 1.70. The van der Waals surface area contributed by atoms with E-state index in [1.54, 1.807) is 13.0 Å². The SMILES string of the molecule is C=CC=C(C#N)C(=O)OCCCOC(=O)C(=C)C. The number of carbonyl (C=O) groups is 2. The van der Waals surface area contributed by atoms with E-state index >= 15 is 0 Å². The van der Waals surface area contributed by atoms with Crippen molar-refractivity contribution in [3.8, 4) is 6.07 Å². The predicted molar refractivity (Wildman–Crippen MR) is 65.2 cm³/mol. The van der Waals surface area contributed by atoms with Gasteiger partial charge in [-0.25, -0.2) is 9.59 Å². The Hall–Kier alpha value is -2.35. The average Bonchev–Trinajstić information content (AvgIpc) is 2.34. The molecule has 0 N–H and O–H groups in total. The van der Waals surface area contributed by atoms with E-state index in [-0.39, 0.29) is 18.8 Å². The number of ether oxygens (including phenoxy) is 2. The summed E-state index contributed by atoms with van der Waals surface area (Å²) in [6.07, 6.45) is 2.95. The summed E-state index contributed by atoms with van der Waals surface area (Å²) in [6.45, 7) is 8.54. The van der Waals surface area contributed by atoms with Gasteiger partial charge in [-0.05, 0) is 13.0 Å². The van der Waals surface area contributed by atoms with Crippen molar-refractivity contribution in [2.75, 3.05) is 13.2 Å². The molecule has 0 radical (unpaired) electrons. The molecule has 0 aromatic rings. The molecule has 0 aliphatic heterocycles. The lowest BCUT2D eigenvalue weighted by atomic mass is 10.3. The van der Waals surface area contributed by atoms with Crippen LogP contribution < -0.4 is 0 Å². The molecule has 0 fully saturated rings. The van der Waals surface area contributed by atoms with Crippen LogP contribution in [-0.2, 0) is 19.1 Å². The predicted octanol–water partition coefficient (Wildman–Crippen LogP) is 1.67. The van der Waals surface area contributed by atoms with Crippen LogP contribution in [0.4, 0.5) is 0 Å². The van der Waals surface area contributed by atoms with Gasteiger partial charge in [-0.2, -0.15) is 5.26 Å². The Kier molecular flexibility index (Phi) is 7.62. The molecule has 0 saturated heterocycles. The van der Waals surface area contributed by atoms with Crippen LogP contribution in [0.2, 0.25) is 0 Å². The van der Waals surface area contributed by atoms with Crippen molar-refractivity contribution in [3.05, 3.63) is 36.5 Å². The third kappa shape index (κ3) is 6.28. The van der Waals surface area contributed by atoms with Crippen molar-refractivity contribution in [1.82, 2.24) is 0 Å². The summed E-state index contributed by atoms with van der Waals surface area (Å²) >= 11 is 0. The minimum Gasteiger partial charge on any atom is -0.462 e. The maximum absolute atomic E-state index is 11.3. The Morgan fingerprint density at radius 2 is 1.83 bits per heavy atom. The molecule has 0 unspecified atom stereocenters. The van der Waals surface area contributed by atoms with Crippen molar-refractivity contribution >= 4 is 11.9 Å². The highest BCUT2D eigenvalue weighted by atomic mass is 16.5. The first-order chi connectivity index (χ1) is 8.52. The van der Waals surface area contributed by atoms with E-state index in [0.29, 0.717) is 12.0 Å². The topological polar surface area (TPSA) is 76.4 Å². The summed E-state index contributed by atoms with van der Waals surface area (Å²) < 4.78 is 9.59. The van der Waals surface area contributed by atoms with Crippen LogP contribution in [0.15, 0.2) is 36.5 Å². The number of hydrogen-bond donors (Lipinski definition) is 0. The zero-order valence-electron chi connectivity index (χ0n) is 10.3. The summed E-state index contributed by atoms with van der Waals surface area (Å²) in [7, 11) is 0. The molecule has 96 valence electrons. The fourth-order valence-corrected chi connectivity index (χ4v) is 0.858. The molecule has 0 aliphatic carbocycles. The van der Waals surface area contributed by atoms with Crippen LogP contribution in [0, 0.1) is 11.3 Å². The molecule has 5 nitrogen and oxygen atoms in total. The van der Waals surface area contributed by atoms with Crippen molar-refractivity contribution < 1.29 is 19.1 Å². The van der Waals surface area contributed by atoms with Crippen LogP contribution in [0.25, 0.3) is 0 Å². The van der Waals surface area contributed by atoms with Crippen molar-refractivity contribution in [2.45, 2.75) is 13.3 Å². The number of carbonyl (C=O) groups excluding carboxylic acids is 2. The van der Waals surface area contributed by atoms with E-state index in [1.807, 2.05) is 0 Å². The first-order valence-electron chi connectivity index (χ1n) is 5.25. The molecule has 0 rings (SSSR count). The normalized spacial score (nSPS) is 10.1. The third-order valence-electron chi connectivity index (χ3n) is 1.73. The standard InChI is InChI=1S/C13H15NO4/c1-4-6-11(9-14)13(16)18-8-5-7-17-12(15)10(2)3/h4,6H,1-2,5,7-8H2,3H3. The lowest BCUT2D eigenvalue weighted by Crippen LogP contribution is -2.11. The fraction of sp³-hybridized carbons (Fsp3) is 0.308. The summed E-state index contributed by atoms with van der Waals surface area (Å²) in [5, 5.41) is 8.62. The van der Waals surface area contributed by atoms with Crippen molar-refractivity contribution in [1.29, 1.82) is 5.26 Å². The number of allylic oxidation sites excluding steroid dienone is 2. The Labute approximate surface area is 106 Å². The zero-order valence-corrected chi connectivity index (χ0v) is 10.3. The van der Waals surface area contributed by atoms with E-state index < -0.39 is 11.9 Å². The second kappa shape index (κ2) is 8.76. The largest absolute Gasteiger partial charge is 0.462 e. The van der Waals surface area contributed by atoms with Gasteiger partial charge in [-0.1, -0.05) is 19.2 Å². The summed E-state index contributed by atoms with van der Waals surface area (Å²) in [4.78, 5) is 22.3. The minimum absolute atomic E-state index is 0.0679. The molecular weight excluding hydrogens is 234 g/mol. The lowest BCUT2D eigenvalue weighted by molar-refractivity contribution is -0.141. The van der Waals surface area contributed by atoms with E-state index in [2.05, 4.69) is 13.2 Å². The summed E-state index contributed by atoms with van der Waals surface area (Å²) in [5.41, 5.74) is 0.191. The molecule has 0 bridgehead atoms. The van der Waals surface area contributed by atoms with Crippen molar-refractivity contribution in [2.24, 2.45) is 0 Å². The van der Waals surface area contributed by atoms with Crippen LogP contribution in [0.1, 0.15) is 13.3 Å². The van der Waals surface area contributed by atoms with Gasteiger partial charge in [0.25, 0.3) is 0 Å². The highest BCUT2D eigenvalue weighted by Crippen LogP contribution is 1.99. The van der Waals surface area contributed by atoms with Gasteiger partial charge in [0, 0.05) is 12.0 Å².